The number of nitrogens with two attached hydrogens (primary N) is 1. The van der Waals surface area contributed by atoms with Crippen LogP contribution in [-0.2, 0) is 35.3 Å². The van der Waals surface area contributed by atoms with E-state index in [1.54, 1.807) is 23.8 Å². The largest absolute Gasteiger partial charge is 0.504 e. The Kier molecular flexibility index (Phi) is 15.1. The van der Waals surface area contributed by atoms with Crippen LogP contribution in [0, 0.1) is 23.2 Å². The number of rotatable bonds is 19. The maximum Gasteiger partial charge on any atom is 0.163 e. The van der Waals surface area contributed by atoms with Gasteiger partial charge in [-0.1, -0.05) is 85.2 Å². The minimum atomic E-state index is -0.290. The van der Waals surface area contributed by atoms with E-state index in [2.05, 4.69) is 82.7 Å². The zero-order valence-corrected chi connectivity index (χ0v) is 37.5. The summed E-state index contributed by atoms with van der Waals surface area (Å²) in [4.78, 5) is 26.7. The van der Waals surface area contributed by atoms with Crippen LogP contribution in [0.1, 0.15) is 111 Å². The molecule has 3 heterocycles. The van der Waals surface area contributed by atoms with Gasteiger partial charge in [0.25, 0.3) is 0 Å². The number of dihydropyridines is 1. The number of methoxy groups -OCH3 is 1. The van der Waals surface area contributed by atoms with Crippen molar-refractivity contribution in [1.29, 1.82) is 0 Å². The number of phenols is 1. The van der Waals surface area contributed by atoms with Crippen molar-refractivity contribution >= 4 is 17.6 Å². The molecule has 2 saturated heterocycles. The highest BCUT2D eigenvalue weighted by Crippen LogP contribution is 2.52. The topological polar surface area (TPSA) is 126 Å². The second-order valence-corrected chi connectivity index (χ2v) is 19.3. The average Bonchev–Trinajstić information content (AvgIpc) is 3.76. The molecule has 63 heavy (non-hydrogen) atoms. The first kappa shape index (κ1) is 44.8. The number of Topliss-reactive ketones (excluding diaryl/α,β-unsaturated/α-hetero) is 1. The number of allylic oxidation sites excluding steroid dienone is 3. The van der Waals surface area contributed by atoms with E-state index in [1.807, 2.05) is 6.20 Å². The fourth-order valence-electron chi connectivity index (χ4n) is 11.8. The number of aromatic hydroxyl groups is 1. The zero-order chi connectivity index (χ0) is 43.6. The smallest absolute Gasteiger partial charge is 0.163 e. The Bertz CT molecular complexity index is 2180. The van der Waals surface area contributed by atoms with E-state index in [4.69, 9.17) is 10.5 Å². The maximum absolute atomic E-state index is 13.4. The number of nitrogens with one attached hydrogen (secondary N) is 3. The monoisotopic (exact) mass is 851 g/mol. The molecule has 0 bridgehead atoms. The van der Waals surface area contributed by atoms with Crippen LogP contribution >= 0.6 is 0 Å². The highest BCUT2D eigenvalue weighted by Gasteiger charge is 2.46. The summed E-state index contributed by atoms with van der Waals surface area (Å²) in [5.74, 6) is 2.24. The number of aryl methyl sites for hydroxylation is 3. The molecular formula is C55H70N4O4. The van der Waals surface area contributed by atoms with Crippen molar-refractivity contribution < 1.29 is 19.4 Å². The Morgan fingerprint density at radius 3 is 2.49 bits per heavy atom. The minimum absolute atomic E-state index is 0.0165. The molecule has 0 spiro atoms. The van der Waals surface area contributed by atoms with Crippen LogP contribution in [0.3, 0.4) is 0 Å². The number of carbonyl (C=O) groups excluding carboxylic acids is 2. The van der Waals surface area contributed by atoms with Gasteiger partial charge < -0.3 is 31.5 Å². The summed E-state index contributed by atoms with van der Waals surface area (Å²) in [5, 5.41) is 21.8. The molecule has 3 fully saturated rings. The molecular weight excluding hydrogens is 781 g/mol. The molecule has 6 N–H and O–H groups in total. The van der Waals surface area contributed by atoms with Crippen LogP contribution in [0.15, 0.2) is 108 Å². The Labute approximate surface area is 375 Å². The van der Waals surface area contributed by atoms with E-state index in [-0.39, 0.29) is 29.9 Å². The van der Waals surface area contributed by atoms with Gasteiger partial charge in [-0.3, -0.25) is 9.59 Å². The summed E-state index contributed by atoms with van der Waals surface area (Å²) in [6, 6.07) is 23.5. The third-order valence-corrected chi connectivity index (χ3v) is 15.0. The molecule has 5 aliphatic rings. The van der Waals surface area contributed by atoms with Crippen molar-refractivity contribution in [2.45, 2.75) is 121 Å². The normalized spacial score (nSPS) is 24.1. The van der Waals surface area contributed by atoms with Crippen LogP contribution in [0.25, 0.3) is 6.08 Å². The SMILES string of the molecule is COc1cc(C=CC(=O)CC(=O)CCCC2(CC3C4NCCCC4=CC4CNCCC43)CCCC2)c(CC2=CNC(N)C=C2CCc2cccc(CCc3ccccc3)c2)cc1O. The van der Waals surface area contributed by atoms with Crippen molar-refractivity contribution in [3.8, 4) is 11.5 Å². The van der Waals surface area contributed by atoms with Crippen molar-refractivity contribution in [2.24, 2.45) is 28.9 Å². The summed E-state index contributed by atoms with van der Waals surface area (Å²) < 4.78 is 5.48. The molecule has 0 aromatic heterocycles. The van der Waals surface area contributed by atoms with Gasteiger partial charge in [0.1, 0.15) is 5.78 Å². The molecule has 3 aromatic rings. The number of piperidine rings is 2. The van der Waals surface area contributed by atoms with E-state index in [9.17, 15) is 14.7 Å². The molecule has 1 saturated carbocycles. The first-order chi connectivity index (χ1) is 30.7. The van der Waals surface area contributed by atoms with Crippen LogP contribution in [0.2, 0.25) is 0 Å². The number of benzene rings is 3. The maximum atomic E-state index is 13.4. The summed E-state index contributed by atoms with van der Waals surface area (Å²) in [7, 11) is 1.52. The van der Waals surface area contributed by atoms with Gasteiger partial charge in [0.05, 0.1) is 19.7 Å². The predicted molar refractivity (Wildman–Crippen MR) is 254 cm³/mol. The molecule has 2 aliphatic carbocycles. The number of carbonyl (C=O) groups is 2. The molecule has 5 unspecified atom stereocenters. The van der Waals surface area contributed by atoms with Gasteiger partial charge in [-0.05, 0) is 183 Å². The first-order valence-corrected chi connectivity index (χ1v) is 24.0. The molecule has 3 aromatic carbocycles. The Morgan fingerprint density at radius 2 is 1.68 bits per heavy atom. The molecule has 8 heteroatoms. The standard InChI is InChI=1S/C55H70N4O4/c1-63-52-32-41(44(31-51(52)62)30-45-37-59-53(56)33-42(45)19-18-40-13-7-12-39(28-40)17-16-38-10-3-2-4-11-38)20-21-48(61)34-47(60)15-8-25-55(23-5-6-24-55)35-50-49-22-27-57-36-46(49)29-43-14-9-26-58-54(43)50/h2-4,7,10-13,20-21,28-29,31-33,37,46,49-50,53-54,57-59,62H,5-6,8-9,14-19,22-27,30,34-36,56H2,1H3. The van der Waals surface area contributed by atoms with Gasteiger partial charge in [-0.2, -0.15) is 0 Å². The highest BCUT2D eigenvalue weighted by atomic mass is 16.5. The fraction of sp³-hybridized carbons (Fsp3) is 0.491. The number of phenolic OH excluding ortho intramolecular Hbond substituents is 1. The lowest BCUT2D eigenvalue weighted by molar-refractivity contribution is -0.124. The summed E-state index contributed by atoms with van der Waals surface area (Å²) in [6.45, 7) is 3.35. The summed E-state index contributed by atoms with van der Waals surface area (Å²) >= 11 is 0. The number of hydrogen-bond acceptors (Lipinski definition) is 8. The van der Waals surface area contributed by atoms with Gasteiger partial charge in [0, 0.05) is 25.2 Å². The third-order valence-electron chi connectivity index (χ3n) is 15.0. The van der Waals surface area contributed by atoms with Gasteiger partial charge >= 0.3 is 0 Å². The number of hydrogen-bond donors (Lipinski definition) is 5. The molecule has 334 valence electrons. The van der Waals surface area contributed by atoms with Crippen molar-refractivity contribution in [3.05, 3.63) is 136 Å². The van der Waals surface area contributed by atoms with Gasteiger partial charge in [0.15, 0.2) is 17.3 Å². The Hall–Kier alpha value is -4.76. The van der Waals surface area contributed by atoms with E-state index in [1.165, 1.54) is 81.2 Å². The predicted octanol–water partition coefficient (Wildman–Crippen LogP) is 9.26. The number of fused-ring (bicyclic) bond motifs is 2. The fourth-order valence-corrected chi connectivity index (χ4v) is 11.8. The van der Waals surface area contributed by atoms with E-state index in [0.29, 0.717) is 41.9 Å². The minimum Gasteiger partial charge on any atom is -0.504 e. The molecule has 0 radical (unpaired) electrons. The van der Waals surface area contributed by atoms with E-state index >= 15 is 0 Å². The lowest BCUT2D eigenvalue weighted by Gasteiger charge is -2.50. The second kappa shape index (κ2) is 21.3. The molecule has 8 nitrogen and oxygen atoms in total. The van der Waals surface area contributed by atoms with Crippen molar-refractivity contribution in [1.82, 2.24) is 16.0 Å². The lowest BCUT2D eigenvalue weighted by atomic mass is 9.60. The van der Waals surface area contributed by atoms with Crippen LogP contribution in [0.5, 0.6) is 11.5 Å². The van der Waals surface area contributed by atoms with Crippen molar-refractivity contribution in [3.63, 3.8) is 0 Å². The Balaban J connectivity index is 0.869. The Morgan fingerprint density at radius 1 is 0.905 bits per heavy atom. The van der Waals surface area contributed by atoms with Gasteiger partial charge in [-0.25, -0.2) is 0 Å². The van der Waals surface area contributed by atoms with Crippen LogP contribution < -0.4 is 26.4 Å². The number of ketones is 2. The van der Waals surface area contributed by atoms with E-state index in [0.717, 1.165) is 86.4 Å². The lowest BCUT2D eigenvalue weighted by Crippen LogP contribution is -2.53. The quantitative estimate of drug-likeness (QED) is 0.0460. The molecule has 0 amide bonds. The van der Waals surface area contributed by atoms with Crippen LogP contribution in [-0.4, -0.2) is 55.6 Å². The first-order valence-electron chi connectivity index (χ1n) is 24.0. The van der Waals surface area contributed by atoms with Gasteiger partial charge in [0.2, 0.25) is 0 Å². The average molecular weight is 851 g/mol. The van der Waals surface area contributed by atoms with Gasteiger partial charge in [-0.15, -0.1) is 0 Å². The van der Waals surface area contributed by atoms with E-state index < -0.39 is 0 Å². The summed E-state index contributed by atoms with van der Waals surface area (Å²) in [6.07, 6.45) is 26.3. The number of ether oxygens (including phenoxy) is 1. The molecule has 5 atom stereocenters. The van der Waals surface area contributed by atoms with Crippen molar-refractivity contribution in [2.75, 3.05) is 26.7 Å². The molecule has 3 aliphatic heterocycles. The zero-order valence-electron chi connectivity index (χ0n) is 37.5. The van der Waals surface area contributed by atoms with Crippen LogP contribution in [0.4, 0.5) is 0 Å². The summed E-state index contributed by atoms with van der Waals surface area (Å²) in [5.41, 5.74) is 16.1. The molecule has 8 rings (SSSR count). The third kappa shape index (κ3) is 11.7. The second-order valence-electron chi connectivity index (χ2n) is 19.3. The highest BCUT2D eigenvalue weighted by molar-refractivity contribution is 6.06.